The first kappa shape index (κ1) is 17.0. The first-order chi connectivity index (χ1) is 10.3. The predicted molar refractivity (Wildman–Crippen MR) is 90.3 cm³/mol. The molecule has 2 N–H and O–H groups in total. The van der Waals surface area contributed by atoms with Crippen molar-refractivity contribution in [1.29, 1.82) is 0 Å². The van der Waals surface area contributed by atoms with Crippen LogP contribution in [0.15, 0.2) is 30.3 Å². The molecular weight excluding hydrogens is 274 g/mol. The van der Waals surface area contributed by atoms with Crippen LogP contribution in [0.25, 0.3) is 0 Å². The molecule has 0 aliphatic carbocycles. The van der Waals surface area contributed by atoms with Crippen LogP contribution < -0.4 is 5.73 Å². The van der Waals surface area contributed by atoms with E-state index >= 15 is 0 Å². The molecule has 1 aliphatic rings. The number of carbonyl (C=O) groups is 1. The fourth-order valence-corrected chi connectivity index (χ4v) is 2.88. The first-order valence-corrected chi connectivity index (χ1v) is 8.07. The number of hydrogen-bond donors (Lipinski definition) is 1. The molecule has 4 heteroatoms. The maximum absolute atomic E-state index is 12.5. The van der Waals surface area contributed by atoms with Crippen LogP contribution in [-0.2, 0) is 11.3 Å². The van der Waals surface area contributed by atoms with Gasteiger partial charge in [0.15, 0.2) is 0 Å². The molecule has 1 heterocycles. The van der Waals surface area contributed by atoms with Gasteiger partial charge in [-0.15, -0.1) is 0 Å². The number of benzene rings is 1. The Kier molecular flexibility index (Phi) is 5.24. The van der Waals surface area contributed by atoms with Gasteiger partial charge in [-0.1, -0.05) is 51.1 Å². The van der Waals surface area contributed by atoms with Gasteiger partial charge in [-0.05, 0) is 17.4 Å². The van der Waals surface area contributed by atoms with Crippen LogP contribution in [0.4, 0.5) is 0 Å². The van der Waals surface area contributed by atoms with Gasteiger partial charge in [0.2, 0.25) is 5.91 Å². The van der Waals surface area contributed by atoms with Crippen LogP contribution in [-0.4, -0.2) is 47.9 Å². The number of rotatable bonds is 4. The van der Waals surface area contributed by atoms with E-state index in [1.807, 2.05) is 38.8 Å². The van der Waals surface area contributed by atoms with Crippen molar-refractivity contribution in [1.82, 2.24) is 9.80 Å². The molecule has 122 valence electrons. The lowest BCUT2D eigenvalue weighted by Gasteiger charge is -2.33. The molecule has 2 atom stereocenters. The fraction of sp³-hybridized carbons (Fsp3) is 0.611. The molecule has 1 aromatic rings. The van der Waals surface area contributed by atoms with Gasteiger partial charge in [0.05, 0.1) is 6.04 Å². The molecule has 1 saturated heterocycles. The summed E-state index contributed by atoms with van der Waals surface area (Å²) in [6.07, 6.45) is 1.02. The molecule has 0 bridgehead atoms. The highest BCUT2D eigenvalue weighted by molar-refractivity contribution is 5.82. The number of likely N-dealkylation sites (N-methyl/N-ethyl adjacent to an activating group) is 1. The minimum Gasteiger partial charge on any atom is -0.340 e. The molecular formula is C18H29N3O. The van der Waals surface area contributed by atoms with Gasteiger partial charge in [0.25, 0.3) is 0 Å². The van der Waals surface area contributed by atoms with Gasteiger partial charge >= 0.3 is 0 Å². The molecule has 2 rings (SSSR count). The summed E-state index contributed by atoms with van der Waals surface area (Å²) in [6, 6.07) is 10.3. The van der Waals surface area contributed by atoms with Crippen molar-refractivity contribution >= 4 is 5.91 Å². The molecule has 0 saturated carbocycles. The lowest BCUT2D eigenvalue weighted by Crippen LogP contribution is -2.52. The van der Waals surface area contributed by atoms with Gasteiger partial charge < -0.3 is 10.6 Å². The van der Waals surface area contributed by atoms with Crippen LogP contribution in [0.1, 0.15) is 32.8 Å². The van der Waals surface area contributed by atoms with Crippen molar-refractivity contribution in [2.75, 3.05) is 20.1 Å². The average Bonchev–Trinajstić information content (AvgIpc) is 2.93. The molecule has 4 nitrogen and oxygen atoms in total. The number of nitrogens with zero attached hydrogens (tertiary/aromatic N) is 2. The number of nitrogens with two attached hydrogens (primary N) is 1. The minimum atomic E-state index is -0.444. The fourth-order valence-electron chi connectivity index (χ4n) is 2.88. The Bertz CT molecular complexity index is 495. The Morgan fingerprint density at radius 2 is 2.00 bits per heavy atom. The van der Waals surface area contributed by atoms with Crippen molar-refractivity contribution in [3.05, 3.63) is 35.9 Å². The highest BCUT2D eigenvalue weighted by Gasteiger charge is 2.34. The smallest absolute Gasteiger partial charge is 0.240 e. The summed E-state index contributed by atoms with van der Waals surface area (Å²) in [7, 11) is 1.89. The molecule has 0 aromatic heterocycles. The topological polar surface area (TPSA) is 49.6 Å². The highest BCUT2D eigenvalue weighted by atomic mass is 16.2. The van der Waals surface area contributed by atoms with E-state index in [0.717, 1.165) is 26.1 Å². The Morgan fingerprint density at radius 1 is 1.36 bits per heavy atom. The third-order valence-electron chi connectivity index (χ3n) is 4.59. The second-order valence-electron chi connectivity index (χ2n) is 7.46. The zero-order chi connectivity index (χ0) is 16.3. The Balaban J connectivity index is 1.91. The van der Waals surface area contributed by atoms with Crippen LogP contribution in [0.5, 0.6) is 0 Å². The number of likely N-dealkylation sites (tertiary alicyclic amines) is 1. The zero-order valence-corrected chi connectivity index (χ0v) is 14.2. The molecule has 0 spiro atoms. The van der Waals surface area contributed by atoms with E-state index in [4.69, 9.17) is 5.73 Å². The number of amides is 1. The average molecular weight is 303 g/mol. The summed E-state index contributed by atoms with van der Waals surface area (Å²) in [4.78, 5) is 16.8. The van der Waals surface area contributed by atoms with Crippen molar-refractivity contribution in [2.24, 2.45) is 11.1 Å². The quantitative estimate of drug-likeness (QED) is 0.926. The third kappa shape index (κ3) is 4.08. The van der Waals surface area contributed by atoms with Crippen LogP contribution in [0.2, 0.25) is 0 Å². The Morgan fingerprint density at radius 3 is 2.59 bits per heavy atom. The highest BCUT2D eigenvalue weighted by Crippen LogP contribution is 2.22. The van der Waals surface area contributed by atoms with Gasteiger partial charge in [-0.2, -0.15) is 0 Å². The monoisotopic (exact) mass is 303 g/mol. The van der Waals surface area contributed by atoms with E-state index in [1.165, 1.54) is 5.56 Å². The second-order valence-corrected chi connectivity index (χ2v) is 7.46. The standard InChI is InChI=1S/C18H29N3O/c1-18(2,3)16(19)17(22)20(4)15-10-11-21(13-15)12-14-8-6-5-7-9-14/h5-9,15-16H,10-13,19H2,1-4H3/t15-,16+/m0/s1. The van der Waals surface area contributed by atoms with Crippen molar-refractivity contribution < 1.29 is 4.79 Å². The molecule has 0 unspecified atom stereocenters. The first-order valence-electron chi connectivity index (χ1n) is 8.07. The van der Waals surface area contributed by atoms with Gasteiger partial charge in [0.1, 0.15) is 0 Å². The van der Waals surface area contributed by atoms with Crippen LogP contribution in [0.3, 0.4) is 0 Å². The second kappa shape index (κ2) is 6.80. The summed E-state index contributed by atoms with van der Waals surface area (Å²) >= 11 is 0. The molecule has 0 radical (unpaired) electrons. The Labute approximate surface area is 134 Å². The summed E-state index contributed by atoms with van der Waals surface area (Å²) < 4.78 is 0. The van der Waals surface area contributed by atoms with Gasteiger partial charge in [0, 0.05) is 32.7 Å². The molecule has 1 aromatic carbocycles. The van der Waals surface area contributed by atoms with E-state index in [-0.39, 0.29) is 17.4 Å². The lowest BCUT2D eigenvalue weighted by molar-refractivity contribution is -0.135. The molecule has 1 amide bonds. The number of carbonyl (C=O) groups excluding carboxylic acids is 1. The number of hydrogen-bond acceptors (Lipinski definition) is 3. The van der Waals surface area contributed by atoms with Crippen molar-refractivity contribution in [2.45, 2.75) is 45.8 Å². The van der Waals surface area contributed by atoms with E-state index in [1.54, 1.807) is 0 Å². The van der Waals surface area contributed by atoms with E-state index in [0.29, 0.717) is 0 Å². The Hall–Kier alpha value is -1.39. The maximum atomic E-state index is 12.5. The zero-order valence-electron chi connectivity index (χ0n) is 14.2. The predicted octanol–water partition coefficient (Wildman–Crippen LogP) is 2.09. The van der Waals surface area contributed by atoms with Gasteiger partial charge in [-0.3, -0.25) is 9.69 Å². The van der Waals surface area contributed by atoms with E-state index in [9.17, 15) is 4.79 Å². The van der Waals surface area contributed by atoms with Crippen LogP contribution >= 0.6 is 0 Å². The molecule has 22 heavy (non-hydrogen) atoms. The van der Waals surface area contributed by atoms with E-state index < -0.39 is 6.04 Å². The lowest BCUT2D eigenvalue weighted by atomic mass is 9.86. The van der Waals surface area contributed by atoms with Crippen molar-refractivity contribution in [3.63, 3.8) is 0 Å². The van der Waals surface area contributed by atoms with Crippen LogP contribution in [0, 0.1) is 5.41 Å². The van der Waals surface area contributed by atoms with E-state index in [2.05, 4.69) is 29.2 Å². The maximum Gasteiger partial charge on any atom is 0.240 e. The largest absolute Gasteiger partial charge is 0.340 e. The third-order valence-corrected chi connectivity index (χ3v) is 4.59. The molecule has 1 fully saturated rings. The summed E-state index contributed by atoms with van der Waals surface area (Å²) in [6.45, 7) is 8.94. The SMILES string of the molecule is CN(C(=O)[C@@H](N)C(C)(C)C)[C@H]1CCN(Cc2ccccc2)C1. The summed E-state index contributed by atoms with van der Waals surface area (Å²) in [5.41, 5.74) is 7.24. The minimum absolute atomic E-state index is 0.0547. The summed E-state index contributed by atoms with van der Waals surface area (Å²) in [5.74, 6) is 0.0547. The molecule has 1 aliphatic heterocycles. The summed E-state index contributed by atoms with van der Waals surface area (Å²) in [5, 5.41) is 0. The van der Waals surface area contributed by atoms with Gasteiger partial charge in [-0.25, -0.2) is 0 Å². The van der Waals surface area contributed by atoms with Crippen molar-refractivity contribution in [3.8, 4) is 0 Å². The normalized spacial score (nSPS) is 20.9.